The van der Waals surface area contributed by atoms with Gasteiger partial charge in [0.25, 0.3) is 0 Å². The number of hydrogen-bond acceptors (Lipinski definition) is 6. The van der Waals surface area contributed by atoms with E-state index in [9.17, 15) is 0 Å². The molecule has 26 heavy (non-hydrogen) atoms. The lowest BCUT2D eigenvalue weighted by Crippen LogP contribution is -2.76. The molecule has 0 aliphatic heterocycles. The number of aryl methyl sites for hydroxylation is 1. The molecule has 1 heterocycles. The summed E-state index contributed by atoms with van der Waals surface area (Å²) < 4.78 is 11.1. The number of methoxy groups -OCH3 is 1. The second kappa shape index (κ2) is 8.28. The first kappa shape index (κ1) is 17.7. The van der Waals surface area contributed by atoms with Crippen molar-refractivity contribution in [3.8, 4) is 17.4 Å². The van der Waals surface area contributed by atoms with Gasteiger partial charge in [0, 0.05) is 35.6 Å². The average molecular weight is 353 g/mol. The lowest BCUT2D eigenvalue weighted by Gasteiger charge is -2.09. The fourth-order valence-electron chi connectivity index (χ4n) is 2.38. The van der Waals surface area contributed by atoms with Crippen molar-refractivity contribution in [2.75, 3.05) is 19.5 Å². The molecule has 0 atom stereocenters. The molecule has 0 saturated carbocycles. The van der Waals surface area contributed by atoms with Crippen molar-refractivity contribution in [1.29, 1.82) is 0 Å². The minimum absolute atomic E-state index is 0.441. The van der Waals surface area contributed by atoms with Crippen molar-refractivity contribution in [1.82, 2.24) is 9.97 Å². The first-order valence-corrected chi connectivity index (χ1v) is 8.06. The van der Waals surface area contributed by atoms with Gasteiger partial charge in [-0.1, -0.05) is 6.07 Å². The van der Waals surface area contributed by atoms with E-state index in [1.165, 1.54) is 0 Å². The highest BCUT2D eigenvalue weighted by atomic mass is 16.6. The zero-order valence-electron chi connectivity index (χ0n) is 14.9. The molecule has 2 aromatic carbocycles. The van der Waals surface area contributed by atoms with E-state index in [-0.39, 0.29) is 0 Å². The average Bonchev–Trinajstić information content (AvgIpc) is 2.64. The van der Waals surface area contributed by atoms with Crippen molar-refractivity contribution < 1.29 is 19.8 Å². The molecule has 7 heteroatoms. The van der Waals surface area contributed by atoms with E-state index in [4.69, 9.17) is 14.3 Å². The summed E-state index contributed by atoms with van der Waals surface area (Å²) in [6.07, 6.45) is 1.64. The number of hydrogen-bond donors (Lipinski definition) is 2. The van der Waals surface area contributed by atoms with Crippen LogP contribution in [-0.2, 0) is 4.84 Å². The van der Waals surface area contributed by atoms with Crippen LogP contribution in [0.1, 0.15) is 5.56 Å². The molecular formula is C19H21N4O3+. The van der Waals surface area contributed by atoms with Crippen LogP contribution in [0.3, 0.4) is 0 Å². The maximum absolute atomic E-state index is 5.85. The van der Waals surface area contributed by atoms with E-state index < -0.39 is 0 Å². The minimum Gasteiger partial charge on any atom is -0.497 e. The summed E-state index contributed by atoms with van der Waals surface area (Å²) in [7, 11) is 3.25. The molecule has 3 aromatic rings. The molecule has 0 saturated heterocycles. The Hall–Kier alpha value is -3.16. The maximum Gasteiger partial charge on any atom is 0.230 e. The molecule has 0 fully saturated rings. The number of nitrogens with one attached hydrogen (secondary N) is 1. The van der Waals surface area contributed by atoms with Gasteiger partial charge >= 0.3 is 0 Å². The first-order valence-electron chi connectivity index (χ1n) is 8.06. The number of quaternary nitrogens is 1. The molecule has 0 spiro atoms. The molecule has 0 radical (unpaired) electrons. The fraction of sp³-hybridized carbons (Fsp3) is 0.158. The Morgan fingerprint density at radius 2 is 1.88 bits per heavy atom. The van der Waals surface area contributed by atoms with E-state index in [1.54, 1.807) is 32.0 Å². The molecule has 7 nitrogen and oxygen atoms in total. The van der Waals surface area contributed by atoms with Crippen molar-refractivity contribution >= 4 is 17.3 Å². The number of nitrogens with two attached hydrogens (primary N) is 1. The van der Waals surface area contributed by atoms with Gasteiger partial charge in [-0.2, -0.15) is 10.5 Å². The Morgan fingerprint density at radius 1 is 1.00 bits per heavy atom. The van der Waals surface area contributed by atoms with Gasteiger partial charge in [-0.3, -0.25) is 0 Å². The Kier molecular flexibility index (Phi) is 5.62. The van der Waals surface area contributed by atoms with E-state index in [0.717, 1.165) is 22.7 Å². The SMILES string of the molecule is CO[NH2+]c1ccc(Oc2ccnc(Nc3cccc(OC)c3)n2)cc1C. The predicted molar refractivity (Wildman–Crippen MR) is 98.2 cm³/mol. The van der Waals surface area contributed by atoms with Gasteiger partial charge in [-0.25, -0.2) is 9.82 Å². The van der Waals surface area contributed by atoms with Gasteiger partial charge in [-0.15, -0.1) is 0 Å². The third-order valence-corrected chi connectivity index (χ3v) is 3.66. The van der Waals surface area contributed by atoms with E-state index in [2.05, 4.69) is 15.3 Å². The quantitative estimate of drug-likeness (QED) is 0.502. The molecule has 0 aliphatic rings. The van der Waals surface area contributed by atoms with Crippen molar-refractivity contribution in [3.63, 3.8) is 0 Å². The summed E-state index contributed by atoms with van der Waals surface area (Å²) in [5, 5.41) is 3.14. The molecular weight excluding hydrogens is 332 g/mol. The third kappa shape index (κ3) is 4.47. The largest absolute Gasteiger partial charge is 0.497 e. The first-order chi connectivity index (χ1) is 12.7. The molecule has 0 aliphatic carbocycles. The normalized spacial score (nSPS) is 10.4. The topological polar surface area (TPSA) is 82.1 Å². The van der Waals surface area contributed by atoms with Gasteiger partial charge in [0.15, 0.2) is 5.69 Å². The molecule has 0 amide bonds. The number of benzene rings is 2. The van der Waals surface area contributed by atoms with Crippen LogP contribution in [0.25, 0.3) is 0 Å². The molecule has 1 aromatic heterocycles. The van der Waals surface area contributed by atoms with Gasteiger partial charge in [-0.05, 0) is 31.2 Å². The Bertz CT molecular complexity index is 886. The molecule has 0 bridgehead atoms. The zero-order valence-corrected chi connectivity index (χ0v) is 14.9. The van der Waals surface area contributed by atoms with E-state index in [1.807, 2.05) is 49.4 Å². The van der Waals surface area contributed by atoms with Crippen LogP contribution in [0, 0.1) is 6.92 Å². The number of rotatable bonds is 7. The van der Waals surface area contributed by atoms with Crippen LogP contribution in [0.15, 0.2) is 54.7 Å². The highest BCUT2D eigenvalue weighted by molar-refractivity contribution is 5.56. The predicted octanol–water partition coefficient (Wildman–Crippen LogP) is 3.09. The standard InChI is InChI=1S/C19H20N4O3/c1-13-11-16(7-8-17(13)23-25-3)26-18-9-10-20-19(22-18)21-14-5-4-6-15(12-14)24-2/h4-12,23H,1-3H3,(H,20,21,22)/p+1. The van der Waals surface area contributed by atoms with E-state index >= 15 is 0 Å². The van der Waals surface area contributed by atoms with Gasteiger partial charge in [0.2, 0.25) is 11.8 Å². The molecule has 0 unspecified atom stereocenters. The summed E-state index contributed by atoms with van der Waals surface area (Å²) in [5.74, 6) is 2.35. The highest BCUT2D eigenvalue weighted by Crippen LogP contribution is 2.25. The van der Waals surface area contributed by atoms with Crippen molar-refractivity contribution in [2.24, 2.45) is 0 Å². The fourth-order valence-corrected chi connectivity index (χ4v) is 2.38. The van der Waals surface area contributed by atoms with Crippen LogP contribution < -0.4 is 20.3 Å². The third-order valence-electron chi connectivity index (χ3n) is 3.66. The molecule has 134 valence electrons. The highest BCUT2D eigenvalue weighted by Gasteiger charge is 2.07. The van der Waals surface area contributed by atoms with E-state index in [0.29, 0.717) is 17.6 Å². The van der Waals surface area contributed by atoms with Crippen LogP contribution >= 0.6 is 0 Å². The lowest BCUT2D eigenvalue weighted by molar-refractivity contribution is -0.830. The van der Waals surface area contributed by atoms with Crippen LogP contribution in [0.5, 0.6) is 17.4 Å². The summed E-state index contributed by atoms with van der Waals surface area (Å²) in [6.45, 7) is 1.99. The minimum atomic E-state index is 0.441. The van der Waals surface area contributed by atoms with Crippen LogP contribution in [-0.4, -0.2) is 24.2 Å². The molecule has 3 rings (SSSR count). The number of nitrogens with zero attached hydrogens (tertiary/aromatic N) is 2. The maximum atomic E-state index is 5.85. The smallest absolute Gasteiger partial charge is 0.230 e. The number of ether oxygens (including phenoxy) is 2. The Morgan fingerprint density at radius 3 is 2.65 bits per heavy atom. The van der Waals surface area contributed by atoms with Gasteiger partial charge < -0.3 is 14.8 Å². The lowest BCUT2D eigenvalue weighted by atomic mass is 10.2. The number of aromatic nitrogens is 2. The van der Waals surface area contributed by atoms with Gasteiger partial charge in [0.05, 0.1) is 14.2 Å². The molecule has 3 N–H and O–H groups in total. The summed E-state index contributed by atoms with van der Waals surface area (Å²) in [6, 6.07) is 15.0. The van der Waals surface area contributed by atoms with Crippen LogP contribution in [0.4, 0.5) is 17.3 Å². The van der Waals surface area contributed by atoms with Gasteiger partial charge in [0.1, 0.15) is 11.5 Å². The summed E-state index contributed by atoms with van der Waals surface area (Å²) in [4.78, 5) is 13.7. The Balaban J connectivity index is 1.74. The number of anilines is 2. The summed E-state index contributed by atoms with van der Waals surface area (Å²) in [5.41, 5.74) is 4.58. The Labute approximate surface area is 151 Å². The van der Waals surface area contributed by atoms with Crippen LogP contribution in [0.2, 0.25) is 0 Å². The van der Waals surface area contributed by atoms with Crippen molar-refractivity contribution in [3.05, 3.63) is 60.3 Å². The summed E-state index contributed by atoms with van der Waals surface area (Å²) >= 11 is 0. The monoisotopic (exact) mass is 353 g/mol. The zero-order chi connectivity index (χ0) is 18.4. The second-order valence-electron chi connectivity index (χ2n) is 5.55. The second-order valence-corrected chi connectivity index (χ2v) is 5.55. The van der Waals surface area contributed by atoms with Crippen molar-refractivity contribution in [2.45, 2.75) is 6.92 Å².